The van der Waals surface area contributed by atoms with Crippen molar-refractivity contribution < 1.29 is 4.79 Å². The van der Waals surface area contributed by atoms with Crippen molar-refractivity contribution >= 4 is 33.7 Å². The Balaban J connectivity index is 1.62. The fourth-order valence-electron chi connectivity index (χ4n) is 3.79. The van der Waals surface area contributed by atoms with Gasteiger partial charge in [0.2, 0.25) is 0 Å². The maximum absolute atomic E-state index is 12.5. The third-order valence-corrected chi connectivity index (χ3v) is 5.28. The van der Waals surface area contributed by atoms with Gasteiger partial charge in [0.15, 0.2) is 5.78 Å². The van der Waals surface area contributed by atoms with Gasteiger partial charge in [0.1, 0.15) is 0 Å². The van der Waals surface area contributed by atoms with Crippen LogP contribution in [0, 0.1) is 0 Å². The van der Waals surface area contributed by atoms with E-state index in [9.17, 15) is 4.79 Å². The zero-order chi connectivity index (χ0) is 20.3. The molecule has 0 amide bonds. The third-order valence-electron chi connectivity index (χ3n) is 5.28. The number of benzene rings is 4. The van der Waals surface area contributed by atoms with Gasteiger partial charge in [-0.2, -0.15) is 0 Å². The monoisotopic (exact) mass is 385 g/mol. The van der Waals surface area contributed by atoms with Crippen LogP contribution in [0.5, 0.6) is 0 Å². The Morgan fingerprint density at radius 2 is 1.37 bits per heavy atom. The van der Waals surface area contributed by atoms with Gasteiger partial charge in [0.25, 0.3) is 0 Å². The molecule has 0 bridgehead atoms. The number of allylic oxidation sites excluding steroid dienone is 1. The zero-order valence-corrected chi connectivity index (χ0v) is 16.3. The van der Waals surface area contributed by atoms with Crippen molar-refractivity contribution in [3.63, 3.8) is 0 Å². The predicted molar refractivity (Wildman–Crippen MR) is 124 cm³/mol. The van der Waals surface area contributed by atoms with Gasteiger partial charge in [-0.25, -0.2) is 4.98 Å². The lowest BCUT2D eigenvalue weighted by Gasteiger charge is -2.11. The van der Waals surface area contributed by atoms with E-state index >= 15 is 0 Å². The number of hydrogen-bond acceptors (Lipinski definition) is 2. The molecule has 0 aliphatic rings. The molecule has 5 aromatic rings. The Bertz CT molecular complexity index is 1400. The first-order chi connectivity index (χ1) is 14.8. The smallest absolute Gasteiger partial charge is 0.185 e. The van der Waals surface area contributed by atoms with Crippen LogP contribution in [-0.4, -0.2) is 10.8 Å². The topological polar surface area (TPSA) is 30.0 Å². The molecule has 0 fully saturated rings. The fourth-order valence-corrected chi connectivity index (χ4v) is 3.79. The maximum Gasteiger partial charge on any atom is 0.185 e. The molecule has 2 heteroatoms. The number of ketones is 1. The first-order valence-corrected chi connectivity index (χ1v) is 9.95. The van der Waals surface area contributed by atoms with Crippen LogP contribution < -0.4 is 0 Å². The molecular weight excluding hydrogens is 366 g/mol. The van der Waals surface area contributed by atoms with Crippen LogP contribution in [0.2, 0.25) is 0 Å². The van der Waals surface area contributed by atoms with E-state index in [4.69, 9.17) is 4.98 Å². The van der Waals surface area contributed by atoms with Crippen LogP contribution in [0.15, 0.2) is 109 Å². The highest BCUT2D eigenvalue weighted by molar-refractivity contribution is 6.08. The SMILES string of the molecule is O=C(C=Cc1ccccc1-c1cccc2nc3ccccc3cc12)c1ccccc1. The molecule has 2 nitrogen and oxygen atoms in total. The standard InChI is InChI=1S/C28H19NO/c30-28(21-10-2-1-3-11-21)18-17-20-9-4-6-13-23(20)24-14-8-16-27-25(24)19-22-12-5-7-15-26(22)29-27/h1-19H. The Morgan fingerprint density at radius 1 is 0.667 bits per heavy atom. The summed E-state index contributed by atoms with van der Waals surface area (Å²) < 4.78 is 0. The van der Waals surface area contributed by atoms with Crippen molar-refractivity contribution in [2.24, 2.45) is 0 Å². The second-order valence-electron chi connectivity index (χ2n) is 7.20. The van der Waals surface area contributed by atoms with Crippen molar-refractivity contribution in [1.82, 2.24) is 4.98 Å². The number of nitrogens with zero attached hydrogens (tertiary/aromatic N) is 1. The molecule has 0 saturated heterocycles. The number of carbonyl (C=O) groups is 1. The van der Waals surface area contributed by atoms with Gasteiger partial charge >= 0.3 is 0 Å². The largest absolute Gasteiger partial charge is 0.289 e. The van der Waals surface area contributed by atoms with Gasteiger partial charge in [-0.1, -0.05) is 91.0 Å². The number of hydrogen-bond donors (Lipinski definition) is 0. The second kappa shape index (κ2) is 7.76. The summed E-state index contributed by atoms with van der Waals surface area (Å²) in [5, 5.41) is 2.22. The second-order valence-corrected chi connectivity index (χ2v) is 7.20. The lowest BCUT2D eigenvalue weighted by molar-refractivity contribution is 0.104. The molecule has 0 unspecified atom stereocenters. The lowest BCUT2D eigenvalue weighted by Crippen LogP contribution is -1.93. The highest BCUT2D eigenvalue weighted by atomic mass is 16.1. The van der Waals surface area contributed by atoms with E-state index in [1.54, 1.807) is 6.08 Å². The van der Waals surface area contributed by atoms with Crippen molar-refractivity contribution in [1.29, 1.82) is 0 Å². The molecule has 5 rings (SSSR count). The van der Waals surface area contributed by atoms with Gasteiger partial charge in [0, 0.05) is 16.3 Å². The highest BCUT2D eigenvalue weighted by Gasteiger charge is 2.09. The number of rotatable bonds is 4. The predicted octanol–water partition coefficient (Wildman–Crippen LogP) is 6.95. The minimum atomic E-state index is -0.00372. The molecule has 4 aromatic carbocycles. The molecule has 1 aromatic heterocycles. The molecule has 0 aliphatic carbocycles. The van der Waals surface area contributed by atoms with E-state index < -0.39 is 0 Å². The number of aromatic nitrogens is 1. The van der Waals surface area contributed by atoms with Crippen LogP contribution in [0.1, 0.15) is 15.9 Å². The highest BCUT2D eigenvalue weighted by Crippen LogP contribution is 2.32. The van der Waals surface area contributed by atoms with Crippen LogP contribution in [0.3, 0.4) is 0 Å². The molecule has 30 heavy (non-hydrogen) atoms. The Morgan fingerprint density at radius 3 is 2.27 bits per heavy atom. The molecule has 0 N–H and O–H groups in total. The first-order valence-electron chi connectivity index (χ1n) is 9.95. The average Bonchev–Trinajstić information content (AvgIpc) is 2.81. The Hall–Kier alpha value is -4.04. The lowest BCUT2D eigenvalue weighted by atomic mass is 9.95. The molecule has 142 valence electrons. The number of pyridine rings is 1. The van der Waals surface area contributed by atoms with Crippen LogP contribution in [0.4, 0.5) is 0 Å². The summed E-state index contributed by atoms with van der Waals surface area (Å²) >= 11 is 0. The molecular formula is C28H19NO. The quantitative estimate of drug-likeness (QED) is 0.190. The van der Waals surface area contributed by atoms with Crippen molar-refractivity contribution in [2.75, 3.05) is 0 Å². The van der Waals surface area contributed by atoms with Crippen LogP contribution in [-0.2, 0) is 0 Å². The van der Waals surface area contributed by atoms with Gasteiger partial charge in [0.05, 0.1) is 11.0 Å². The Labute approximate surface area is 175 Å². The number of carbonyl (C=O) groups excluding carboxylic acids is 1. The zero-order valence-electron chi connectivity index (χ0n) is 16.3. The van der Waals surface area contributed by atoms with Gasteiger partial charge < -0.3 is 0 Å². The summed E-state index contributed by atoms with van der Waals surface area (Å²) in [6.45, 7) is 0. The van der Waals surface area contributed by atoms with E-state index in [1.165, 1.54) is 0 Å². The van der Waals surface area contributed by atoms with E-state index in [2.05, 4.69) is 24.3 Å². The maximum atomic E-state index is 12.5. The van der Waals surface area contributed by atoms with Crippen LogP contribution >= 0.6 is 0 Å². The summed E-state index contributed by atoms with van der Waals surface area (Å²) in [5.74, 6) is -0.00372. The van der Waals surface area contributed by atoms with Gasteiger partial charge in [-0.05, 0) is 41.0 Å². The third kappa shape index (κ3) is 3.40. The summed E-state index contributed by atoms with van der Waals surface area (Å²) in [5.41, 5.74) is 5.83. The summed E-state index contributed by atoms with van der Waals surface area (Å²) in [6.07, 6.45) is 3.55. The van der Waals surface area contributed by atoms with E-state index in [0.29, 0.717) is 5.56 Å². The molecule has 0 radical (unpaired) electrons. The summed E-state index contributed by atoms with van der Waals surface area (Å²) in [7, 11) is 0. The van der Waals surface area contributed by atoms with Gasteiger partial charge in [-0.3, -0.25) is 4.79 Å². The van der Waals surface area contributed by atoms with E-state index in [1.807, 2.05) is 84.9 Å². The first kappa shape index (κ1) is 18.0. The molecule has 0 spiro atoms. The Kier molecular flexibility index (Phi) is 4.66. The number of fused-ring (bicyclic) bond motifs is 2. The van der Waals surface area contributed by atoms with E-state index in [-0.39, 0.29) is 5.78 Å². The van der Waals surface area contributed by atoms with Crippen molar-refractivity contribution in [3.05, 3.63) is 120 Å². The van der Waals surface area contributed by atoms with E-state index in [0.717, 1.165) is 38.5 Å². The molecule has 0 atom stereocenters. The minimum Gasteiger partial charge on any atom is -0.289 e. The van der Waals surface area contributed by atoms with Crippen molar-refractivity contribution in [2.45, 2.75) is 0 Å². The molecule has 0 aliphatic heterocycles. The fraction of sp³-hybridized carbons (Fsp3) is 0. The average molecular weight is 385 g/mol. The van der Waals surface area contributed by atoms with Crippen molar-refractivity contribution in [3.8, 4) is 11.1 Å². The summed E-state index contributed by atoms with van der Waals surface area (Å²) in [4.78, 5) is 17.4. The summed E-state index contributed by atoms with van der Waals surface area (Å²) in [6, 6.07) is 34.0. The minimum absolute atomic E-state index is 0.00372. The normalized spacial score (nSPS) is 11.3. The molecule has 1 heterocycles. The molecule has 0 saturated carbocycles. The van der Waals surface area contributed by atoms with Gasteiger partial charge in [-0.15, -0.1) is 0 Å². The van der Waals surface area contributed by atoms with Crippen LogP contribution in [0.25, 0.3) is 39.0 Å². The number of para-hydroxylation sites is 1.